The first-order chi connectivity index (χ1) is 10.0. The van der Waals surface area contributed by atoms with Crippen molar-refractivity contribution in [1.29, 1.82) is 0 Å². The second-order valence-corrected chi connectivity index (χ2v) is 6.12. The highest BCUT2D eigenvalue weighted by Gasteiger charge is 2.27. The summed E-state index contributed by atoms with van der Waals surface area (Å²) in [5.74, 6) is 1.20. The van der Waals surface area contributed by atoms with Gasteiger partial charge in [-0.3, -0.25) is 4.79 Å². The van der Waals surface area contributed by atoms with E-state index in [4.69, 9.17) is 10.5 Å². The third-order valence-electron chi connectivity index (χ3n) is 4.32. The molecule has 2 rings (SSSR count). The number of ether oxygens (including phenoxy) is 1. The molecule has 0 bridgehead atoms. The van der Waals surface area contributed by atoms with Gasteiger partial charge in [0, 0.05) is 25.6 Å². The van der Waals surface area contributed by atoms with Crippen LogP contribution in [-0.4, -0.2) is 31.0 Å². The number of methoxy groups -OCH3 is 1. The highest BCUT2D eigenvalue weighted by Crippen LogP contribution is 2.25. The molecule has 1 aromatic rings. The van der Waals surface area contributed by atoms with Crippen molar-refractivity contribution in [2.45, 2.75) is 45.2 Å². The van der Waals surface area contributed by atoms with Gasteiger partial charge >= 0.3 is 0 Å². The lowest BCUT2D eigenvalue weighted by atomic mass is 9.85. The van der Waals surface area contributed by atoms with Crippen LogP contribution in [0.3, 0.4) is 0 Å². The van der Waals surface area contributed by atoms with E-state index in [2.05, 4.69) is 6.07 Å². The second-order valence-electron chi connectivity index (χ2n) is 6.12. The zero-order chi connectivity index (χ0) is 15.4. The van der Waals surface area contributed by atoms with Gasteiger partial charge < -0.3 is 15.4 Å². The summed E-state index contributed by atoms with van der Waals surface area (Å²) < 4.78 is 5.26. The van der Waals surface area contributed by atoms with Crippen LogP contribution in [0.5, 0.6) is 5.75 Å². The number of carbonyl (C=O) groups excluding carboxylic acids is 1. The van der Waals surface area contributed by atoms with E-state index in [0.717, 1.165) is 42.6 Å². The van der Waals surface area contributed by atoms with E-state index in [1.165, 1.54) is 0 Å². The van der Waals surface area contributed by atoms with Crippen molar-refractivity contribution in [3.63, 3.8) is 0 Å². The molecule has 0 spiro atoms. The topological polar surface area (TPSA) is 55.6 Å². The molecule has 1 aliphatic rings. The van der Waals surface area contributed by atoms with Crippen LogP contribution < -0.4 is 10.5 Å². The Balaban J connectivity index is 1.98. The third kappa shape index (κ3) is 3.97. The summed E-state index contributed by atoms with van der Waals surface area (Å²) >= 11 is 0. The quantitative estimate of drug-likeness (QED) is 0.927. The zero-order valence-corrected chi connectivity index (χ0v) is 13.3. The summed E-state index contributed by atoms with van der Waals surface area (Å²) in [5.41, 5.74) is 8.20. The fraction of sp³-hybridized carbons (Fsp3) is 0.588. The summed E-state index contributed by atoms with van der Waals surface area (Å²) in [4.78, 5) is 14.3. The van der Waals surface area contributed by atoms with Gasteiger partial charge in [-0.1, -0.05) is 18.6 Å². The molecule has 0 heterocycles. The van der Waals surface area contributed by atoms with Gasteiger partial charge in [0.1, 0.15) is 5.75 Å². The van der Waals surface area contributed by atoms with E-state index >= 15 is 0 Å². The molecule has 0 unspecified atom stereocenters. The molecule has 1 aromatic carbocycles. The number of aryl methyl sites for hydroxylation is 1. The van der Waals surface area contributed by atoms with Gasteiger partial charge in [-0.25, -0.2) is 0 Å². The predicted octanol–water partition coefficient (Wildman–Crippen LogP) is 2.48. The highest BCUT2D eigenvalue weighted by atomic mass is 16.5. The van der Waals surface area contributed by atoms with Gasteiger partial charge in [0.05, 0.1) is 7.11 Å². The van der Waals surface area contributed by atoms with Gasteiger partial charge in [0.15, 0.2) is 0 Å². The smallest absolute Gasteiger partial charge is 0.225 e. The maximum Gasteiger partial charge on any atom is 0.225 e. The Kier molecular flexibility index (Phi) is 5.23. The molecular formula is C17H26N2O2. The molecular weight excluding hydrogens is 264 g/mol. The highest BCUT2D eigenvalue weighted by molar-refractivity contribution is 5.78. The Morgan fingerprint density at radius 1 is 1.43 bits per heavy atom. The van der Waals surface area contributed by atoms with Gasteiger partial charge in [-0.05, 0) is 43.4 Å². The van der Waals surface area contributed by atoms with Crippen molar-refractivity contribution in [2.75, 3.05) is 14.2 Å². The molecule has 2 atom stereocenters. The molecule has 0 aromatic heterocycles. The molecule has 1 aliphatic carbocycles. The van der Waals surface area contributed by atoms with Crippen LogP contribution in [0.2, 0.25) is 0 Å². The Hall–Kier alpha value is -1.55. The first-order valence-corrected chi connectivity index (χ1v) is 7.65. The Bertz CT molecular complexity index is 502. The normalized spacial score (nSPS) is 21.9. The predicted molar refractivity (Wildman–Crippen MR) is 84.1 cm³/mol. The van der Waals surface area contributed by atoms with Crippen molar-refractivity contribution < 1.29 is 9.53 Å². The van der Waals surface area contributed by atoms with E-state index in [0.29, 0.717) is 6.54 Å². The average molecular weight is 290 g/mol. The number of hydrogen-bond acceptors (Lipinski definition) is 3. The molecule has 1 saturated carbocycles. The van der Waals surface area contributed by atoms with Crippen LogP contribution in [0.25, 0.3) is 0 Å². The number of rotatable bonds is 4. The lowest BCUT2D eigenvalue weighted by Crippen LogP contribution is -2.38. The lowest BCUT2D eigenvalue weighted by Gasteiger charge is -2.29. The molecule has 1 fully saturated rings. The number of nitrogens with two attached hydrogens (primary N) is 1. The van der Waals surface area contributed by atoms with E-state index < -0.39 is 0 Å². The molecule has 21 heavy (non-hydrogen) atoms. The second kappa shape index (κ2) is 6.94. The van der Waals surface area contributed by atoms with E-state index in [1.807, 2.05) is 31.0 Å². The number of hydrogen-bond donors (Lipinski definition) is 1. The van der Waals surface area contributed by atoms with Gasteiger partial charge in [0.2, 0.25) is 5.91 Å². The van der Waals surface area contributed by atoms with Crippen molar-refractivity contribution >= 4 is 5.91 Å². The molecule has 0 radical (unpaired) electrons. The number of nitrogens with zero attached hydrogens (tertiary/aromatic N) is 1. The number of amides is 1. The molecule has 2 N–H and O–H groups in total. The van der Waals surface area contributed by atoms with Crippen LogP contribution in [0, 0.1) is 12.8 Å². The Labute approximate surface area is 127 Å². The minimum absolute atomic E-state index is 0.0955. The first kappa shape index (κ1) is 15.8. The number of benzene rings is 1. The van der Waals surface area contributed by atoms with Gasteiger partial charge in [-0.15, -0.1) is 0 Å². The standard InChI is InChI=1S/C17H26N2O2/c1-12-9-13(7-8-16(12)21-3)11-19(2)17(20)14-5-4-6-15(18)10-14/h7-9,14-15H,4-6,10-11,18H2,1-3H3/t14-,15+/m0/s1. The largest absolute Gasteiger partial charge is 0.496 e. The Morgan fingerprint density at radius 2 is 2.19 bits per heavy atom. The van der Waals surface area contributed by atoms with E-state index in [-0.39, 0.29) is 17.9 Å². The fourth-order valence-corrected chi connectivity index (χ4v) is 3.15. The summed E-state index contributed by atoms with van der Waals surface area (Å²) in [5, 5.41) is 0. The third-order valence-corrected chi connectivity index (χ3v) is 4.32. The first-order valence-electron chi connectivity index (χ1n) is 7.65. The zero-order valence-electron chi connectivity index (χ0n) is 13.3. The summed E-state index contributed by atoms with van der Waals surface area (Å²) in [6.07, 6.45) is 3.90. The maximum atomic E-state index is 12.5. The van der Waals surface area contributed by atoms with E-state index in [1.54, 1.807) is 7.11 Å². The lowest BCUT2D eigenvalue weighted by molar-refractivity contribution is -0.135. The van der Waals surface area contributed by atoms with Crippen molar-refractivity contribution in [3.05, 3.63) is 29.3 Å². The summed E-state index contributed by atoms with van der Waals surface area (Å²) in [6, 6.07) is 6.24. The molecule has 4 nitrogen and oxygen atoms in total. The molecule has 0 saturated heterocycles. The van der Waals surface area contributed by atoms with Crippen LogP contribution in [0.1, 0.15) is 36.8 Å². The van der Waals surface area contributed by atoms with Gasteiger partial charge in [0.25, 0.3) is 0 Å². The maximum absolute atomic E-state index is 12.5. The molecule has 4 heteroatoms. The fourth-order valence-electron chi connectivity index (χ4n) is 3.15. The van der Waals surface area contributed by atoms with E-state index in [9.17, 15) is 4.79 Å². The van der Waals surface area contributed by atoms with Crippen molar-refractivity contribution in [1.82, 2.24) is 4.90 Å². The molecule has 0 aliphatic heterocycles. The van der Waals surface area contributed by atoms with Crippen molar-refractivity contribution in [2.24, 2.45) is 11.7 Å². The minimum atomic E-state index is 0.0955. The van der Waals surface area contributed by atoms with Crippen LogP contribution in [0.15, 0.2) is 18.2 Å². The van der Waals surface area contributed by atoms with Crippen molar-refractivity contribution in [3.8, 4) is 5.75 Å². The molecule has 116 valence electrons. The summed E-state index contributed by atoms with van der Waals surface area (Å²) in [7, 11) is 3.55. The number of carbonyl (C=O) groups is 1. The average Bonchev–Trinajstić information content (AvgIpc) is 2.46. The summed E-state index contributed by atoms with van der Waals surface area (Å²) in [6.45, 7) is 2.65. The minimum Gasteiger partial charge on any atom is -0.496 e. The van der Waals surface area contributed by atoms with Crippen LogP contribution in [-0.2, 0) is 11.3 Å². The molecule has 1 amide bonds. The monoisotopic (exact) mass is 290 g/mol. The Morgan fingerprint density at radius 3 is 2.81 bits per heavy atom. The van der Waals surface area contributed by atoms with Crippen LogP contribution in [0.4, 0.5) is 0 Å². The van der Waals surface area contributed by atoms with Gasteiger partial charge in [-0.2, -0.15) is 0 Å². The SMILES string of the molecule is COc1ccc(CN(C)C(=O)[C@H]2CCC[C@@H](N)C2)cc1C. The van der Waals surface area contributed by atoms with Crippen LogP contribution >= 0.6 is 0 Å².